The molecule has 18 heavy (non-hydrogen) atoms. The molecule has 0 amide bonds. The van der Waals surface area contributed by atoms with Crippen molar-refractivity contribution in [3.63, 3.8) is 0 Å². The second-order valence-corrected chi connectivity index (χ2v) is 5.60. The number of anilines is 1. The van der Waals surface area contributed by atoms with E-state index in [9.17, 15) is 5.11 Å². The van der Waals surface area contributed by atoms with Crippen LogP contribution in [0.25, 0.3) is 0 Å². The minimum absolute atomic E-state index is 0.457. The van der Waals surface area contributed by atoms with Gasteiger partial charge in [0.2, 0.25) is 0 Å². The van der Waals surface area contributed by atoms with Crippen LogP contribution in [0.3, 0.4) is 0 Å². The fourth-order valence-corrected chi connectivity index (χ4v) is 2.81. The number of aliphatic hydroxyl groups excluding tert-OH is 1. The summed E-state index contributed by atoms with van der Waals surface area (Å²) in [6, 6.07) is 6.30. The molecule has 0 aromatic heterocycles. The first-order valence-corrected chi connectivity index (χ1v) is 6.79. The van der Waals surface area contributed by atoms with E-state index in [0.717, 1.165) is 35.9 Å². The first-order chi connectivity index (χ1) is 8.49. The molecule has 1 aliphatic heterocycles. The van der Waals surface area contributed by atoms with Gasteiger partial charge in [-0.15, -0.1) is 0 Å². The van der Waals surface area contributed by atoms with Gasteiger partial charge >= 0.3 is 0 Å². The third-order valence-electron chi connectivity index (χ3n) is 3.59. The number of aliphatic hydroxyl groups is 1. The Morgan fingerprint density at radius 3 is 2.67 bits per heavy atom. The van der Waals surface area contributed by atoms with Crippen molar-refractivity contribution in [1.82, 2.24) is 4.90 Å². The summed E-state index contributed by atoms with van der Waals surface area (Å²) >= 11 is 6.34. The van der Waals surface area contributed by atoms with Crippen LogP contribution in [-0.2, 0) is 0 Å². The Labute approximate surface area is 114 Å². The van der Waals surface area contributed by atoms with Gasteiger partial charge in [0.1, 0.15) is 0 Å². The molecule has 1 aromatic rings. The summed E-state index contributed by atoms with van der Waals surface area (Å²) in [5.41, 5.74) is 1.94. The maximum absolute atomic E-state index is 9.56. The van der Waals surface area contributed by atoms with Crippen LogP contribution in [0.5, 0.6) is 0 Å². The molecule has 0 bridgehead atoms. The first-order valence-electron chi connectivity index (χ1n) is 6.41. The number of nitrogens with zero attached hydrogens (tertiary/aromatic N) is 2. The highest BCUT2D eigenvalue weighted by Gasteiger charge is 2.23. The number of likely N-dealkylation sites (N-methyl/N-ethyl adjacent to an activating group) is 1. The fraction of sp³-hybridized carbons (Fsp3) is 0.571. The fourth-order valence-electron chi connectivity index (χ4n) is 2.51. The van der Waals surface area contributed by atoms with E-state index in [0.29, 0.717) is 6.04 Å². The van der Waals surface area contributed by atoms with E-state index in [1.807, 2.05) is 18.2 Å². The molecule has 0 aliphatic carbocycles. The van der Waals surface area contributed by atoms with Crippen LogP contribution >= 0.6 is 11.6 Å². The second kappa shape index (κ2) is 5.47. The van der Waals surface area contributed by atoms with Gasteiger partial charge in [-0.05, 0) is 38.6 Å². The van der Waals surface area contributed by atoms with Crippen molar-refractivity contribution in [2.45, 2.75) is 26.0 Å². The van der Waals surface area contributed by atoms with E-state index >= 15 is 0 Å². The molecule has 3 nitrogen and oxygen atoms in total. The Morgan fingerprint density at radius 1 is 1.39 bits per heavy atom. The van der Waals surface area contributed by atoms with Crippen molar-refractivity contribution in [3.05, 3.63) is 28.8 Å². The molecule has 1 aliphatic rings. The van der Waals surface area contributed by atoms with Crippen LogP contribution in [0.4, 0.5) is 5.69 Å². The molecule has 0 saturated carbocycles. The zero-order valence-electron chi connectivity index (χ0n) is 11.2. The van der Waals surface area contributed by atoms with Crippen molar-refractivity contribution in [3.8, 4) is 0 Å². The summed E-state index contributed by atoms with van der Waals surface area (Å²) < 4.78 is 0. The summed E-state index contributed by atoms with van der Waals surface area (Å²) in [6.07, 6.45) is -0.471. The summed E-state index contributed by atoms with van der Waals surface area (Å²) in [5, 5.41) is 10.3. The quantitative estimate of drug-likeness (QED) is 0.893. The summed E-state index contributed by atoms with van der Waals surface area (Å²) in [4.78, 5) is 4.67. The third-order valence-corrected chi connectivity index (χ3v) is 3.90. The maximum atomic E-state index is 9.56. The van der Waals surface area contributed by atoms with E-state index in [2.05, 4.69) is 23.8 Å². The average molecular weight is 269 g/mol. The molecule has 1 unspecified atom stereocenters. The molecule has 1 N–H and O–H groups in total. The topological polar surface area (TPSA) is 26.7 Å². The molecule has 100 valence electrons. The lowest BCUT2D eigenvalue weighted by Crippen LogP contribution is -2.50. The number of rotatable bonds is 2. The monoisotopic (exact) mass is 268 g/mol. The summed E-state index contributed by atoms with van der Waals surface area (Å²) in [6.45, 7) is 7.07. The number of benzene rings is 1. The molecule has 2 atom stereocenters. The third kappa shape index (κ3) is 2.79. The van der Waals surface area contributed by atoms with Crippen molar-refractivity contribution in [2.24, 2.45) is 0 Å². The minimum atomic E-state index is -0.471. The van der Waals surface area contributed by atoms with E-state index < -0.39 is 6.10 Å². The van der Waals surface area contributed by atoms with E-state index in [1.165, 1.54) is 0 Å². The summed E-state index contributed by atoms with van der Waals surface area (Å²) in [5.74, 6) is 0. The van der Waals surface area contributed by atoms with Gasteiger partial charge in [0.25, 0.3) is 0 Å². The van der Waals surface area contributed by atoms with Crippen LogP contribution in [0.2, 0.25) is 5.02 Å². The smallest absolute Gasteiger partial charge is 0.0762 e. The van der Waals surface area contributed by atoms with Crippen molar-refractivity contribution in [2.75, 3.05) is 31.6 Å². The van der Waals surface area contributed by atoms with Crippen LogP contribution < -0.4 is 4.90 Å². The zero-order chi connectivity index (χ0) is 13.3. The Balaban J connectivity index is 2.23. The Hall–Kier alpha value is -0.770. The van der Waals surface area contributed by atoms with Crippen molar-refractivity contribution in [1.29, 1.82) is 0 Å². The van der Waals surface area contributed by atoms with Gasteiger partial charge in [-0.2, -0.15) is 0 Å². The Kier molecular flexibility index (Phi) is 4.15. The van der Waals surface area contributed by atoms with Crippen molar-refractivity contribution >= 4 is 17.3 Å². The molecule has 0 spiro atoms. The van der Waals surface area contributed by atoms with Crippen LogP contribution in [-0.4, -0.2) is 42.7 Å². The number of halogens is 1. The number of hydrogen-bond acceptors (Lipinski definition) is 3. The van der Waals surface area contributed by atoms with Gasteiger partial charge in [-0.1, -0.05) is 17.7 Å². The Morgan fingerprint density at radius 2 is 2.11 bits per heavy atom. The molecule has 2 rings (SSSR count). The second-order valence-electron chi connectivity index (χ2n) is 5.19. The lowest BCUT2D eigenvalue weighted by Gasteiger charge is -2.40. The average Bonchev–Trinajstić information content (AvgIpc) is 2.30. The molecule has 1 aromatic carbocycles. The van der Waals surface area contributed by atoms with Gasteiger partial charge in [0.15, 0.2) is 0 Å². The SMILES string of the molecule is CC1CN(C)CCN1c1ccc([C@@H](C)O)cc1Cl. The van der Waals surface area contributed by atoms with E-state index in [-0.39, 0.29) is 0 Å². The predicted octanol–water partition coefficient (Wildman–Crippen LogP) is 2.53. The molecular weight excluding hydrogens is 248 g/mol. The standard InChI is InChI=1S/C14H21ClN2O/c1-10-9-16(3)6-7-17(10)14-5-4-12(11(2)18)8-13(14)15/h4-5,8,10-11,18H,6-7,9H2,1-3H3/t10?,11-/m1/s1. The summed E-state index contributed by atoms with van der Waals surface area (Å²) in [7, 11) is 2.14. The van der Waals surface area contributed by atoms with Crippen LogP contribution in [0.1, 0.15) is 25.5 Å². The van der Waals surface area contributed by atoms with Gasteiger partial charge in [0, 0.05) is 25.7 Å². The highest BCUT2D eigenvalue weighted by molar-refractivity contribution is 6.33. The van der Waals surface area contributed by atoms with Crippen LogP contribution in [0, 0.1) is 0 Å². The van der Waals surface area contributed by atoms with E-state index in [1.54, 1.807) is 6.92 Å². The zero-order valence-corrected chi connectivity index (χ0v) is 12.0. The predicted molar refractivity (Wildman–Crippen MR) is 76.4 cm³/mol. The van der Waals surface area contributed by atoms with Gasteiger partial charge < -0.3 is 14.9 Å². The Bertz CT molecular complexity index is 422. The number of piperazine rings is 1. The molecule has 1 fully saturated rings. The molecular formula is C14H21ClN2O. The van der Waals surface area contributed by atoms with Gasteiger partial charge in [-0.3, -0.25) is 0 Å². The van der Waals surface area contributed by atoms with Crippen molar-refractivity contribution < 1.29 is 5.11 Å². The van der Waals surface area contributed by atoms with Gasteiger partial charge in [0.05, 0.1) is 16.8 Å². The maximum Gasteiger partial charge on any atom is 0.0762 e. The highest BCUT2D eigenvalue weighted by Crippen LogP contribution is 2.31. The first kappa shape index (κ1) is 13.7. The largest absolute Gasteiger partial charge is 0.389 e. The lowest BCUT2D eigenvalue weighted by molar-refractivity contribution is 0.199. The molecule has 4 heteroatoms. The highest BCUT2D eigenvalue weighted by atomic mass is 35.5. The number of hydrogen-bond donors (Lipinski definition) is 1. The van der Waals surface area contributed by atoms with Crippen LogP contribution in [0.15, 0.2) is 18.2 Å². The normalized spacial score (nSPS) is 23.2. The lowest BCUT2D eigenvalue weighted by atomic mass is 10.1. The molecule has 1 heterocycles. The van der Waals surface area contributed by atoms with Gasteiger partial charge in [-0.25, -0.2) is 0 Å². The molecule has 1 saturated heterocycles. The minimum Gasteiger partial charge on any atom is -0.389 e. The van der Waals surface area contributed by atoms with E-state index in [4.69, 9.17) is 11.6 Å². The molecule has 0 radical (unpaired) electrons.